The monoisotopic (exact) mass is 771 g/mol. The minimum Gasteiger partial charge on any atom is -0.481 e. The molecule has 0 bridgehead atoms. The van der Waals surface area contributed by atoms with Crippen LogP contribution in [0, 0.1) is 74.4 Å². The molecule has 6 saturated carbocycles. The van der Waals surface area contributed by atoms with Gasteiger partial charge in [0.1, 0.15) is 12.1 Å². The predicted molar refractivity (Wildman–Crippen MR) is 210 cm³/mol. The number of hydrogen-bond acceptors (Lipinski definition) is 7. The molecule has 0 radical (unpaired) electrons. The van der Waals surface area contributed by atoms with E-state index in [1.54, 1.807) is 0 Å². The summed E-state index contributed by atoms with van der Waals surface area (Å²) in [5.41, 5.74) is 15.5. The summed E-state index contributed by atoms with van der Waals surface area (Å²) < 4.78 is 6.33. The number of nitrogens with two attached hydrogens (primary N) is 3. The molecule has 6 aliphatic rings. The topological polar surface area (TPSA) is 229 Å². The number of rotatable bonds is 10. The van der Waals surface area contributed by atoms with E-state index in [-0.39, 0.29) is 46.1 Å². The smallest absolute Gasteiger partial charge is 0.320 e. The van der Waals surface area contributed by atoms with Gasteiger partial charge in [-0.15, -0.1) is 0 Å². The van der Waals surface area contributed by atoms with E-state index in [9.17, 15) is 29.4 Å². The number of carbonyl (C=O) groups excluding carboxylic acids is 1. The summed E-state index contributed by atoms with van der Waals surface area (Å²) in [6.45, 7) is 20.4. The van der Waals surface area contributed by atoms with Crippen molar-refractivity contribution < 1.29 is 39.2 Å². The zero-order valence-electron chi connectivity index (χ0n) is 34.4. The molecule has 13 atom stereocenters. The average Bonchev–Trinajstić information content (AvgIpc) is 3.49. The second-order valence-corrected chi connectivity index (χ2v) is 20.2. The molecular formula is C43H70N4O8. The zero-order valence-corrected chi connectivity index (χ0v) is 34.4. The van der Waals surface area contributed by atoms with E-state index in [2.05, 4.69) is 46.2 Å². The van der Waals surface area contributed by atoms with Gasteiger partial charge in [0, 0.05) is 12.0 Å². The van der Waals surface area contributed by atoms with E-state index in [0.717, 1.165) is 64.2 Å². The van der Waals surface area contributed by atoms with Crippen LogP contribution >= 0.6 is 0 Å². The van der Waals surface area contributed by atoms with Gasteiger partial charge >= 0.3 is 23.9 Å². The fourth-order valence-corrected chi connectivity index (χ4v) is 14.0. The molecule has 310 valence electrons. The number of guanidine groups is 1. The normalized spacial score (nSPS) is 41.1. The molecule has 0 aromatic heterocycles. The molecule has 0 aliphatic heterocycles. The fourth-order valence-electron chi connectivity index (χ4n) is 14.0. The van der Waals surface area contributed by atoms with Crippen molar-refractivity contribution in [2.45, 2.75) is 144 Å². The Morgan fingerprint density at radius 1 is 0.818 bits per heavy atom. The zero-order chi connectivity index (χ0) is 41.1. The maximum atomic E-state index is 13.4. The van der Waals surface area contributed by atoms with Gasteiger partial charge in [-0.25, -0.2) is 0 Å². The highest BCUT2D eigenvalue weighted by Crippen LogP contribution is 2.74. The number of carbonyl (C=O) groups is 4. The first-order valence-corrected chi connectivity index (χ1v) is 20.8. The van der Waals surface area contributed by atoms with Crippen molar-refractivity contribution in [1.29, 1.82) is 0 Å². The van der Waals surface area contributed by atoms with Crippen LogP contribution in [0.15, 0.2) is 17.1 Å². The second-order valence-electron chi connectivity index (χ2n) is 20.2. The Morgan fingerprint density at radius 3 is 2.02 bits per heavy atom. The molecule has 0 aromatic rings. The van der Waals surface area contributed by atoms with Gasteiger partial charge in [-0.1, -0.05) is 53.7 Å². The highest BCUT2D eigenvalue weighted by Gasteiger charge is 2.69. The number of carboxylic acids is 3. The summed E-state index contributed by atoms with van der Waals surface area (Å²) in [5, 5.41) is 28.5. The summed E-state index contributed by atoms with van der Waals surface area (Å²) in [5.74, 6) is -0.850. The van der Waals surface area contributed by atoms with E-state index in [1.807, 2.05) is 13.8 Å². The van der Waals surface area contributed by atoms with Gasteiger partial charge in [0.15, 0.2) is 5.96 Å². The van der Waals surface area contributed by atoms with Crippen molar-refractivity contribution in [3.63, 3.8) is 0 Å². The molecule has 12 nitrogen and oxygen atoms in total. The van der Waals surface area contributed by atoms with Gasteiger partial charge in [-0.2, -0.15) is 0 Å². The Morgan fingerprint density at radius 2 is 1.45 bits per heavy atom. The highest BCUT2D eigenvalue weighted by molar-refractivity contribution is 5.81. The minimum absolute atomic E-state index is 0.0129. The number of aliphatic imine (C=N–C) groups is 1. The number of allylic oxidation sites excluding steroid dienone is 1. The lowest BCUT2D eigenvalue weighted by Crippen LogP contribution is -2.64. The molecular weight excluding hydrogens is 700 g/mol. The van der Waals surface area contributed by atoms with Gasteiger partial charge < -0.3 is 37.3 Å². The predicted octanol–water partition coefficient (Wildman–Crippen LogP) is 6.45. The Kier molecular flexibility index (Phi) is 12.0. The fraction of sp³-hybridized carbons (Fsp3) is 0.837. The summed E-state index contributed by atoms with van der Waals surface area (Å²) in [7, 11) is 0. The largest absolute Gasteiger partial charge is 0.481 e. The van der Waals surface area contributed by atoms with Crippen LogP contribution in [-0.2, 0) is 23.9 Å². The number of ether oxygens (including phenoxy) is 1. The van der Waals surface area contributed by atoms with E-state index < -0.39 is 40.7 Å². The van der Waals surface area contributed by atoms with E-state index in [1.165, 1.54) is 5.57 Å². The Labute approximate surface area is 327 Å². The van der Waals surface area contributed by atoms with Crippen LogP contribution in [0.3, 0.4) is 0 Å². The molecule has 55 heavy (non-hydrogen) atoms. The van der Waals surface area contributed by atoms with Crippen LogP contribution in [0.5, 0.6) is 0 Å². The van der Waals surface area contributed by atoms with E-state index >= 15 is 0 Å². The standard InChI is InChI=1S/C37H56O6.C6H14N4O2/c1-20(2)21-11-17-37(32(41)42)18-12-23-22(29(21)37)9-10-27-35(23,7)15-13-26-34(5,6)28(14-16-36(26,27)8)43-31(40)25-19-24(30(38)39)33(25,3)4;7-4(5(11)12)2-1-3-10-6(8)9/h21-29H,1,9-19H2,2-8H3,(H,38,39)(H,41,42);4H,1-3,7H2,(H,11,12)(H4,8,9,10)/t21-,22?,23?,24+,25-,26?,27?,28-,29?,35-,36-,37?;4-/m00/s1. The number of esters is 1. The second kappa shape index (κ2) is 15.3. The van der Waals surface area contributed by atoms with Gasteiger partial charge in [0.05, 0.1) is 17.3 Å². The third-order valence-corrected chi connectivity index (χ3v) is 17.0. The number of nitrogens with zero attached hydrogens (tertiary/aromatic N) is 1. The van der Waals surface area contributed by atoms with Crippen molar-refractivity contribution >= 4 is 29.8 Å². The van der Waals surface area contributed by atoms with Gasteiger partial charge in [0.2, 0.25) is 0 Å². The van der Waals surface area contributed by atoms with Gasteiger partial charge in [-0.3, -0.25) is 24.2 Å². The van der Waals surface area contributed by atoms with E-state index in [0.29, 0.717) is 55.4 Å². The number of hydrogen-bond donors (Lipinski definition) is 6. The average molecular weight is 771 g/mol. The molecule has 0 saturated heterocycles. The third-order valence-electron chi connectivity index (χ3n) is 17.0. The summed E-state index contributed by atoms with van der Waals surface area (Å²) in [6, 6.07) is -0.820. The Balaban J connectivity index is 0.000000418. The first-order valence-electron chi connectivity index (χ1n) is 20.8. The molecule has 6 fully saturated rings. The van der Waals surface area contributed by atoms with Crippen molar-refractivity contribution in [3.8, 4) is 0 Å². The maximum absolute atomic E-state index is 13.4. The molecule has 0 amide bonds. The van der Waals surface area contributed by atoms with Crippen molar-refractivity contribution in [3.05, 3.63) is 12.2 Å². The molecule has 0 aromatic carbocycles. The Bertz CT molecular complexity index is 1560. The molecule has 0 spiro atoms. The molecule has 6 unspecified atom stereocenters. The third kappa shape index (κ3) is 7.31. The quantitative estimate of drug-likeness (QED) is 0.0465. The van der Waals surface area contributed by atoms with Crippen LogP contribution in [0.4, 0.5) is 0 Å². The van der Waals surface area contributed by atoms with Crippen LogP contribution in [0.25, 0.3) is 0 Å². The van der Waals surface area contributed by atoms with Crippen LogP contribution < -0.4 is 17.2 Å². The lowest BCUT2D eigenvalue weighted by Gasteiger charge is -2.69. The summed E-state index contributed by atoms with van der Waals surface area (Å²) >= 11 is 0. The minimum atomic E-state index is -1.00. The van der Waals surface area contributed by atoms with Gasteiger partial charge in [0.25, 0.3) is 0 Å². The Hall–Kier alpha value is -3.15. The lowest BCUT2D eigenvalue weighted by atomic mass is 9.36. The molecule has 0 heterocycles. The van der Waals surface area contributed by atoms with Gasteiger partial charge in [-0.05, 0) is 142 Å². The summed E-state index contributed by atoms with van der Waals surface area (Å²) in [6.07, 6.45) is 11.2. The van der Waals surface area contributed by atoms with Crippen molar-refractivity contribution in [1.82, 2.24) is 0 Å². The molecule has 9 N–H and O–H groups in total. The first kappa shape index (κ1) is 43.0. The van der Waals surface area contributed by atoms with Crippen LogP contribution in [0.2, 0.25) is 0 Å². The number of carboxylic acid groups (broad SMARTS) is 3. The van der Waals surface area contributed by atoms with Crippen molar-refractivity contribution in [2.75, 3.05) is 6.54 Å². The van der Waals surface area contributed by atoms with Crippen molar-refractivity contribution in [2.24, 2.45) is 96.6 Å². The SMILES string of the molecule is C=C(C)[C@@H]1CCC2(C(=O)O)CCC3C(CCC4[C@@]3(C)CCC3C(C)(C)[C@@H](OC(=O)[C@@H]5C[C@H](C(=O)O)C5(C)C)CC[C@@]34C)C12.NC(N)=NCCC[C@H](N)C(=O)O. The first-order chi connectivity index (χ1) is 25.5. The maximum Gasteiger partial charge on any atom is 0.320 e. The lowest BCUT2D eigenvalue weighted by molar-refractivity contribution is -0.228. The van der Waals surface area contributed by atoms with E-state index in [4.69, 9.17) is 27.0 Å². The summed E-state index contributed by atoms with van der Waals surface area (Å²) in [4.78, 5) is 51.8. The highest BCUT2D eigenvalue weighted by atomic mass is 16.5. The van der Waals surface area contributed by atoms with Crippen LogP contribution in [-0.4, -0.2) is 63.8 Å². The molecule has 12 heteroatoms. The number of aliphatic carboxylic acids is 3. The molecule has 6 aliphatic carbocycles. The molecule has 6 rings (SSSR count). The number of fused-ring (bicyclic) bond motifs is 7. The van der Waals surface area contributed by atoms with Crippen LogP contribution in [0.1, 0.15) is 132 Å².